The van der Waals surface area contributed by atoms with Crippen LogP contribution in [0.4, 0.5) is 5.82 Å². The van der Waals surface area contributed by atoms with Gasteiger partial charge in [-0.2, -0.15) is 0 Å². The van der Waals surface area contributed by atoms with Crippen molar-refractivity contribution in [2.45, 2.75) is 13.0 Å². The van der Waals surface area contributed by atoms with Gasteiger partial charge in [-0.05, 0) is 37.3 Å². The molecular formula is C22H17ClN6O. The summed E-state index contributed by atoms with van der Waals surface area (Å²) in [6, 6.07) is 16.2. The Bertz CT molecular complexity index is 1430. The van der Waals surface area contributed by atoms with E-state index in [0.29, 0.717) is 33.3 Å². The Morgan fingerprint density at radius 2 is 1.90 bits per heavy atom. The zero-order valence-electron chi connectivity index (χ0n) is 16.0. The molecule has 3 heterocycles. The molecule has 0 radical (unpaired) electrons. The molecule has 2 aromatic carbocycles. The fourth-order valence-electron chi connectivity index (χ4n) is 3.57. The third-order valence-electron chi connectivity index (χ3n) is 4.97. The average Bonchev–Trinajstić information content (AvgIpc) is 3.24. The molecule has 0 unspecified atom stereocenters. The maximum Gasteiger partial charge on any atom is 0.267 e. The number of halogens is 1. The van der Waals surface area contributed by atoms with Crippen LogP contribution in [-0.2, 0) is 0 Å². The molecule has 2 N–H and O–H groups in total. The number of fused-ring (bicyclic) bond motifs is 2. The van der Waals surface area contributed by atoms with E-state index >= 15 is 0 Å². The summed E-state index contributed by atoms with van der Waals surface area (Å²) in [4.78, 5) is 30.1. The van der Waals surface area contributed by atoms with Gasteiger partial charge in [-0.3, -0.25) is 9.36 Å². The summed E-state index contributed by atoms with van der Waals surface area (Å²) >= 11 is 6.35. The minimum atomic E-state index is -0.337. The molecule has 0 aliphatic carbocycles. The number of aromatic nitrogens is 5. The fraction of sp³-hybridized carbons (Fsp3) is 0.0909. The Hall–Kier alpha value is -3.71. The van der Waals surface area contributed by atoms with E-state index in [1.54, 1.807) is 35.3 Å². The van der Waals surface area contributed by atoms with Gasteiger partial charge in [0.2, 0.25) is 0 Å². The zero-order valence-corrected chi connectivity index (χ0v) is 16.8. The maximum atomic E-state index is 13.5. The zero-order chi connectivity index (χ0) is 20.7. The van der Waals surface area contributed by atoms with Gasteiger partial charge in [0.15, 0.2) is 5.82 Å². The van der Waals surface area contributed by atoms with Gasteiger partial charge in [0.1, 0.15) is 11.3 Å². The number of hydrogen-bond donors (Lipinski definition) is 2. The molecule has 0 aliphatic rings. The van der Waals surface area contributed by atoms with Crippen molar-refractivity contribution in [2.24, 2.45) is 0 Å². The van der Waals surface area contributed by atoms with Gasteiger partial charge >= 0.3 is 0 Å². The van der Waals surface area contributed by atoms with Gasteiger partial charge in [0.25, 0.3) is 5.56 Å². The topological polar surface area (TPSA) is 88.5 Å². The Labute approximate surface area is 176 Å². The van der Waals surface area contributed by atoms with E-state index in [2.05, 4.69) is 20.3 Å². The second-order valence-electron chi connectivity index (χ2n) is 6.90. The number of imidazole rings is 1. The Kier molecular flexibility index (Phi) is 4.44. The minimum absolute atomic E-state index is 0.216. The maximum absolute atomic E-state index is 13.5. The third kappa shape index (κ3) is 3.00. The molecule has 0 spiro atoms. The van der Waals surface area contributed by atoms with Crippen molar-refractivity contribution in [3.8, 4) is 5.69 Å². The van der Waals surface area contributed by atoms with E-state index in [0.717, 1.165) is 11.0 Å². The lowest BCUT2D eigenvalue weighted by Crippen LogP contribution is -2.27. The largest absolute Gasteiger partial charge is 0.359 e. The highest BCUT2D eigenvalue weighted by molar-refractivity contribution is 6.35. The standard InChI is InChI=1S/C22H17ClN6O/c1-13(27-20-19-17(10-11-24-20)25-12-26-19)21-28-16-9-5-8-15(23)18(16)22(30)29(21)14-6-3-2-4-7-14/h2-13H,1H3,(H,24,27)(H,25,26)/t13-/m1/s1. The molecule has 5 rings (SSSR count). The predicted octanol–water partition coefficient (Wildman–Crippen LogP) is 4.48. The number of rotatable bonds is 4. The van der Waals surface area contributed by atoms with Crippen molar-refractivity contribution in [1.29, 1.82) is 0 Å². The minimum Gasteiger partial charge on any atom is -0.359 e. The highest BCUT2D eigenvalue weighted by atomic mass is 35.5. The lowest BCUT2D eigenvalue weighted by Gasteiger charge is -2.20. The van der Waals surface area contributed by atoms with E-state index < -0.39 is 0 Å². The Balaban J connectivity index is 1.71. The monoisotopic (exact) mass is 416 g/mol. The second-order valence-corrected chi connectivity index (χ2v) is 7.31. The summed E-state index contributed by atoms with van der Waals surface area (Å²) in [5.74, 6) is 1.16. The molecular weight excluding hydrogens is 400 g/mol. The highest BCUT2D eigenvalue weighted by Gasteiger charge is 2.20. The van der Waals surface area contributed by atoms with Gasteiger partial charge in [0.05, 0.1) is 39.5 Å². The van der Waals surface area contributed by atoms with E-state index in [-0.39, 0.29) is 11.6 Å². The van der Waals surface area contributed by atoms with Crippen LogP contribution >= 0.6 is 11.6 Å². The van der Waals surface area contributed by atoms with Crippen LogP contribution in [0.2, 0.25) is 5.02 Å². The molecule has 8 heteroatoms. The van der Waals surface area contributed by atoms with Crippen LogP contribution in [0.1, 0.15) is 18.8 Å². The van der Waals surface area contributed by atoms with Crippen LogP contribution in [0, 0.1) is 0 Å². The molecule has 0 saturated carbocycles. The lowest BCUT2D eigenvalue weighted by molar-refractivity contribution is 0.732. The second kappa shape index (κ2) is 7.27. The molecule has 0 saturated heterocycles. The first kappa shape index (κ1) is 18.3. The summed E-state index contributed by atoms with van der Waals surface area (Å²) in [7, 11) is 0. The van der Waals surface area contributed by atoms with Crippen LogP contribution in [0.15, 0.2) is 71.9 Å². The van der Waals surface area contributed by atoms with Crippen molar-refractivity contribution in [1.82, 2.24) is 24.5 Å². The van der Waals surface area contributed by atoms with Gasteiger partial charge < -0.3 is 10.3 Å². The molecule has 0 amide bonds. The number of hydrogen-bond acceptors (Lipinski definition) is 5. The van der Waals surface area contributed by atoms with Gasteiger partial charge in [-0.1, -0.05) is 35.9 Å². The predicted molar refractivity (Wildman–Crippen MR) is 118 cm³/mol. The van der Waals surface area contributed by atoms with Crippen molar-refractivity contribution >= 4 is 39.4 Å². The lowest BCUT2D eigenvalue weighted by atomic mass is 10.2. The van der Waals surface area contributed by atoms with Crippen molar-refractivity contribution in [3.63, 3.8) is 0 Å². The number of nitrogens with one attached hydrogen (secondary N) is 2. The van der Waals surface area contributed by atoms with Crippen molar-refractivity contribution in [2.75, 3.05) is 5.32 Å². The van der Waals surface area contributed by atoms with Crippen LogP contribution in [0.25, 0.3) is 27.6 Å². The SMILES string of the molecule is C[C@@H](Nc1nccc2[nH]cnc12)c1nc2cccc(Cl)c2c(=O)n1-c1ccccc1. The molecule has 5 aromatic rings. The van der Waals surface area contributed by atoms with E-state index in [9.17, 15) is 4.79 Å². The smallest absolute Gasteiger partial charge is 0.267 e. The molecule has 0 bridgehead atoms. The number of para-hydroxylation sites is 1. The average molecular weight is 417 g/mol. The number of H-pyrrole nitrogens is 1. The van der Waals surface area contributed by atoms with Crippen molar-refractivity contribution in [3.05, 3.63) is 88.3 Å². The normalized spacial score (nSPS) is 12.3. The van der Waals surface area contributed by atoms with Gasteiger partial charge in [-0.25, -0.2) is 15.0 Å². The van der Waals surface area contributed by atoms with Crippen LogP contribution in [0.5, 0.6) is 0 Å². The highest BCUT2D eigenvalue weighted by Crippen LogP contribution is 2.26. The number of pyridine rings is 1. The molecule has 30 heavy (non-hydrogen) atoms. The van der Waals surface area contributed by atoms with Crippen LogP contribution in [-0.4, -0.2) is 24.5 Å². The van der Waals surface area contributed by atoms with E-state index in [4.69, 9.17) is 16.6 Å². The molecule has 0 fully saturated rings. The first-order valence-electron chi connectivity index (χ1n) is 9.44. The molecule has 7 nitrogen and oxygen atoms in total. The van der Waals surface area contributed by atoms with Gasteiger partial charge in [0, 0.05) is 6.20 Å². The quantitative estimate of drug-likeness (QED) is 0.451. The summed E-state index contributed by atoms with van der Waals surface area (Å²) < 4.78 is 1.59. The number of anilines is 1. The van der Waals surface area contributed by atoms with Crippen molar-refractivity contribution < 1.29 is 0 Å². The van der Waals surface area contributed by atoms with Gasteiger partial charge in [-0.15, -0.1) is 0 Å². The number of aromatic amines is 1. The molecule has 1 atom stereocenters. The first-order chi connectivity index (χ1) is 14.6. The molecule has 148 valence electrons. The van der Waals surface area contributed by atoms with E-state index in [1.165, 1.54) is 0 Å². The Morgan fingerprint density at radius 3 is 2.73 bits per heavy atom. The molecule has 0 aliphatic heterocycles. The van der Waals surface area contributed by atoms with Crippen LogP contribution in [0.3, 0.4) is 0 Å². The third-order valence-corrected chi connectivity index (χ3v) is 5.28. The summed E-state index contributed by atoms with van der Waals surface area (Å²) in [5.41, 5.74) is 2.65. The van der Waals surface area contributed by atoms with Crippen LogP contribution < -0.4 is 10.9 Å². The summed E-state index contributed by atoms with van der Waals surface area (Å²) in [6.45, 7) is 1.94. The van der Waals surface area contributed by atoms with E-state index in [1.807, 2.05) is 43.3 Å². The first-order valence-corrected chi connectivity index (χ1v) is 9.82. The number of benzene rings is 2. The fourth-order valence-corrected chi connectivity index (χ4v) is 3.82. The summed E-state index contributed by atoms with van der Waals surface area (Å²) in [6.07, 6.45) is 3.33. The summed E-state index contributed by atoms with van der Waals surface area (Å²) in [5, 5.41) is 4.13. The Morgan fingerprint density at radius 1 is 1.07 bits per heavy atom. The number of nitrogens with zero attached hydrogens (tertiary/aromatic N) is 4. The molecule has 3 aromatic heterocycles.